The van der Waals surface area contributed by atoms with E-state index in [9.17, 15) is 14.0 Å². The van der Waals surface area contributed by atoms with Crippen LogP contribution in [0.3, 0.4) is 0 Å². The van der Waals surface area contributed by atoms with Gasteiger partial charge in [-0.15, -0.1) is 0 Å². The van der Waals surface area contributed by atoms with Crippen LogP contribution in [0.1, 0.15) is 26.3 Å². The molecule has 0 aliphatic carbocycles. The number of benzene rings is 2. The number of hydrogen-bond acceptors (Lipinski definition) is 2. The number of amides is 2. The first-order valence-electron chi connectivity index (χ1n) is 6.95. The standard InChI is InChI=1S/C17H17FN2O2/c1-12-7-8-14(11-15(12)18)17(22)20-10-9-19-16(21)13-5-3-2-4-6-13/h2-8,11H,9-10H2,1H3,(H,19,21)(H,20,22). The molecule has 4 nitrogen and oxygen atoms in total. The topological polar surface area (TPSA) is 58.2 Å². The van der Waals surface area contributed by atoms with Crippen molar-refractivity contribution in [1.29, 1.82) is 0 Å². The molecule has 2 amide bonds. The van der Waals surface area contributed by atoms with E-state index >= 15 is 0 Å². The van der Waals surface area contributed by atoms with Crippen molar-refractivity contribution >= 4 is 11.8 Å². The van der Waals surface area contributed by atoms with Gasteiger partial charge in [0.2, 0.25) is 0 Å². The van der Waals surface area contributed by atoms with Crippen molar-refractivity contribution in [2.75, 3.05) is 13.1 Å². The second-order valence-electron chi connectivity index (χ2n) is 4.84. The number of carbonyl (C=O) groups excluding carboxylic acids is 2. The molecular weight excluding hydrogens is 283 g/mol. The number of halogens is 1. The van der Waals surface area contributed by atoms with E-state index in [2.05, 4.69) is 10.6 Å². The molecule has 2 aromatic carbocycles. The third kappa shape index (κ3) is 4.15. The van der Waals surface area contributed by atoms with E-state index in [0.29, 0.717) is 17.7 Å². The lowest BCUT2D eigenvalue weighted by molar-refractivity contribution is 0.0927. The van der Waals surface area contributed by atoms with Crippen LogP contribution < -0.4 is 10.6 Å². The highest BCUT2D eigenvalue weighted by molar-refractivity contribution is 5.95. The van der Waals surface area contributed by atoms with Gasteiger partial charge in [-0.1, -0.05) is 24.3 Å². The summed E-state index contributed by atoms with van der Waals surface area (Å²) in [6.45, 7) is 2.21. The molecule has 0 fully saturated rings. The van der Waals surface area contributed by atoms with Crippen molar-refractivity contribution in [2.45, 2.75) is 6.92 Å². The van der Waals surface area contributed by atoms with Gasteiger partial charge in [-0.3, -0.25) is 9.59 Å². The van der Waals surface area contributed by atoms with Crippen molar-refractivity contribution in [3.63, 3.8) is 0 Å². The Kier molecular flexibility index (Phi) is 5.25. The van der Waals surface area contributed by atoms with Gasteiger partial charge in [-0.2, -0.15) is 0 Å². The third-order valence-electron chi connectivity index (χ3n) is 3.17. The molecule has 114 valence electrons. The van der Waals surface area contributed by atoms with Crippen LogP contribution in [0.15, 0.2) is 48.5 Å². The monoisotopic (exact) mass is 300 g/mol. The summed E-state index contributed by atoms with van der Waals surface area (Å²) in [5.74, 6) is -0.978. The molecule has 0 atom stereocenters. The molecule has 2 aromatic rings. The quantitative estimate of drug-likeness (QED) is 0.832. The van der Waals surface area contributed by atoms with Crippen LogP contribution in [-0.4, -0.2) is 24.9 Å². The maximum atomic E-state index is 13.4. The molecule has 0 unspecified atom stereocenters. The van der Waals surface area contributed by atoms with E-state index in [1.807, 2.05) is 6.07 Å². The molecule has 0 saturated carbocycles. The second-order valence-corrected chi connectivity index (χ2v) is 4.84. The maximum Gasteiger partial charge on any atom is 0.251 e. The molecule has 0 bridgehead atoms. The number of nitrogens with one attached hydrogen (secondary N) is 2. The predicted octanol–water partition coefficient (Wildman–Crippen LogP) is 2.29. The number of aryl methyl sites for hydroxylation is 1. The zero-order valence-electron chi connectivity index (χ0n) is 12.2. The van der Waals surface area contributed by atoms with Crippen LogP contribution in [-0.2, 0) is 0 Å². The highest BCUT2D eigenvalue weighted by Gasteiger charge is 2.08. The Morgan fingerprint density at radius 3 is 2.09 bits per heavy atom. The minimum Gasteiger partial charge on any atom is -0.350 e. The van der Waals surface area contributed by atoms with E-state index in [4.69, 9.17) is 0 Å². The van der Waals surface area contributed by atoms with E-state index in [-0.39, 0.29) is 23.9 Å². The van der Waals surface area contributed by atoms with E-state index in [1.54, 1.807) is 43.3 Å². The van der Waals surface area contributed by atoms with Gasteiger partial charge in [0.1, 0.15) is 5.82 Å². The van der Waals surface area contributed by atoms with Gasteiger partial charge in [0.05, 0.1) is 0 Å². The van der Waals surface area contributed by atoms with Gasteiger partial charge in [0.15, 0.2) is 0 Å². The Hall–Kier alpha value is -2.69. The van der Waals surface area contributed by atoms with Gasteiger partial charge in [0, 0.05) is 24.2 Å². The first-order chi connectivity index (χ1) is 10.6. The summed E-state index contributed by atoms with van der Waals surface area (Å²) in [5, 5.41) is 5.33. The highest BCUT2D eigenvalue weighted by Crippen LogP contribution is 2.08. The van der Waals surface area contributed by atoms with Crippen molar-refractivity contribution in [3.05, 3.63) is 71.0 Å². The van der Waals surface area contributed by atoms with Gasteiger partial charge < -0.3 is 10.6 Å². The maximum absolute atomic E-state index is 13.4. The predicted molar refractivity (Wildman–Crippen MR) is 82.2 cm³/mol. The van der Waals surface area contributed by atoms with Crippen LogP contribution in [0.4, 0.5) is 4.39 Å². The highest BCUT2D eigenvalue weighted by atomic mass is 19.1. The molecular formula is C17H17FN2O2. The first-order valence-corrected chi connectivity index (χ1v) is 6.95. The fourth-order valence-corrected chi connectivity index (χ4v) is 1.88. The SMILES string of the molecule is Cc1ccc(C(=O)NCCNC(=O)c2ccccc2)cc1F. The van der Waals surface area contributed by atoms with Crippen LogP contribution in [0.2, 0.25) is 0 Å². The molecule has 0 aromatic heterocycles. The molecule has 0 saturated heterocycles. The Balaban J connectivity index is 1.78. The zero-order valence-corrected chi connectivity index (χ0v) is 12.2. The summed E-state index contributed by atoms with van der Waals surface area (Å²) in [6.07, 6.45) is 0. The summed E-state index contributed by atoms with van der Waals surface area (Å²) in [5.41, 5.74) is 1.32. The zero-order chi connectivity index (χ0) is 15.9. The molecule has 0 heterocycles. The normalized spacial score (nSPS) is 10.1. The second kappa shape index (κ2) is 7.36. The largest absolute Gasteiger partial charge is 0.350 e. The Labute approximate surface area is 128 Å². The lowest BCUT2D eigenvalue weighted by atomic mass is 10.1. The molecule has 2 N–H and O–H groups in total. The molecule has 0 aliphatic rings. The number of hydrogen-bond donors (Lipinski definition) is 2. The van der Waals surface area contributed by atoms with Gasteiger partial charge in [-0.25, -0.2) is 4.39 Å². The van der Waals surface area contributed by atoms with E-state index in [1.165, 1.54) is 6.07 Å². The molecule has 5 heteroatoms. The molecule has 22 heavy (non-hydrogen) atoms. The average molecular weight is 300 g/mol. The molecule has 0 radical (unpaired) electrons. The average Bonchev–Trinajstić information content (AvgIpc) is 2.54. The fraction of sp³-hybridized carbons (Fsp3) is 0.176. The number of rotatable bonds is 5. The molecule has 0 aliphatic heterocycles. The van der Waals surface area contributed by atoms with Crippen LogP contribution in [0.25, 0.3) is 0 Å². The van der Waals surface area contributed by atoms with Crippen molar-refractivity contribution in [1.82, 2.24) is 10.6 Å². The van der Waals surface area contributed by atoms with E-state index < -0.39 is 5.82 Å². The summed E-state index contributed by atoms with van der Waals surface area (Å²) >= 11 is 0. The number of carbonyl (C=O) groups is 2. The Morgan fingerprint density at radius 2 is 1.50 bits per heavy atom. The van der Waals surface area contributed by atoms with Gasteiger partial charge in [0.25, 0.3) is 11.8 Å². The molecule has 2 rings (SSSR count). The summed E-state index contributed by atoms with van der Waals surface area (Å²) in [7, 11) is 0. The summed E-state index contributed by atoms with van der Waals surface area (Å²) in [4.78, 5) is 23.6. The van der Waals surface area contributed by atoms with Gasteiger partial charge in [-0.05, 0) is 36.8 Å². The van der Waals surface area contributed by atoms with Crippen LogP contribution >= 0.6 is 0 Å². The fourth-order valence-electron chi connectivity index (χ4n) is 1.88. The summed E-state index contributed by atoms with van der Waals surface area (Å²) < 4.78 is 13.4. The van der Waals surface area contributed by atoms with Crippen molar-refractivity contribution in [3.8, 4) is 0 Å². The van der Waals surface area contributed by atoms with Crippen molar-refractivity contribution in [2.24, 2.45) is 0 Å². The third-order valence-corrected chi connectivity index (χ3v) is 3.17. The minimum atomic E-state index is -0.412. The smallest absolute Gasteiger partial charge is 0.251 e. The Morgan fingerprint density at radius 1 is 0.909 bits per heavy atom. The minimum absolute atomic E-state index is 0.198. The van der Waals surface area contributed by atoms with Crippen LogP contribution in [0, 0.1) is 12.7 Å². The van der Waals surface area contributed by atoms with Gasteiger partial charge >= 0.3 is 0 Å². The first kappa shape index (κ1) is 15.7. The lowest BCUT2D eigenvalue weighted by Gasteiger charge is -2.08. The lowest BCUT2D eigenvalue weighted by Crippen LogP contribution is -2.34. The Bertz CT molecular complexity index is 672. The molecule has 0 spiro atoms. The summed E-state index contributed by atoms with van der Waals surface area (Å²) in [6, 6.07) is 13.1. The van der Waals surface area contributed by atoms with Crippen LogP contribution in [0.5, 0.6) is 0 Å². The van der Waals surface area contributed by atoms with E-state index in [0.717, 1.165) is 0 Å². The van der Waals surface area contributed by atoms with Crippen molar-refractivity contribution < 1.29 is 14.0 Å².